The SMILES string of the molecule is CC=CNCCCc1cc(C)c(OCC2CO2)c(C)c1. The van der Waals surface area contributed by atoms with Gasteiger partial charge in [0, 0.05) is 6.54 Å². The predicted octanol–water partition coefficient (Wildman–Crippen LogP) is 3.14. The maximum absolute atomic E-state index is 5.86. The van der Waals surface area contributed by atoms with Crippen molar-refractivity contribution in [2.75, 3.05) is 19.8 Å². The molecule has 1 aromatic carbocycles. The van der Waals surface area contributed by atoms with Gasteiger partial charge in [-0.25, -0.2) is 0 Å². The molecule has 3 heteroatoms. The Balaban J connectivity index is 1.87. The molecule has 1 aliphatic rings. The third-order valence-corrected chi connectivity index (χ3v) is 3.41. The van der Waals surface area contributed by atoms with E-state index in [1.165, 1.54) is 16.7 Å². The Kier molecular flexibility index (Phi) is 5.48. The molecule has 0 bridgehead atoms. The molecule has 0 aromatic heterocycles. The molecule has 1 N–H and O–H groups in total. The highest BCUT2D eigenvalue weighted by atomic mass is 16.6. The first kappa shape index (κ1) is 14.9. The predicted molar refractivity (Wildman–Crippen MR) is 82.3 cm³/mol. The average Bonchev–Trinajstić information content (AvgIpc) is 3.21. The zero-order valence-electron chi connectivity index (χ0n) is 12.7. The highest BCUT2D eigenvalue weighted by Gasteiger charge is 2.23. The number of rotatable bonds is 8. The van der Waals surface area contributed by atoms with Gasteiger partial charge in [0.25, 0.3) is 0 Å². The lowest BCUT2D eigenvalue weighted by Gasteiger charge is -2.13. The fourth-order valence-electron chi connectivity index (χ4n) is 2.35. The molecule has 110 valence electrons. The fourth-order valence-corrected chi connectivity index (χ4v) is 2.35. The van der Waals surface area contributed by atoms with Crippen LogP contribution in [0.5, 0.6) is 5.75 Å². The van der Waals surface area contributed by atoms with Crippen molar-refractivity contribution in [2.45, 2.75) is 39.7 Å². The summed E-state index contributed by atoms with van der Waals surface area (Å²) in [5.41, 5.74) is 3.83. The van der Waals surface area contributed by atoms with Gasteiger partial charge >= 0.3 is 0 Å². The summed E-state index contributed by atoms with van der Waals surface area (Å²) in [5, 5.41) is 3.27. The monoisotopic (exact) mass is 275 g/mol. The van der Waals surface area contributed by atoms with E-state index in [-0.39, 0.29) is 0 Å². The minimum absolute atomic E-state index is 0.311. The number of benzene rings is 1. The Morgan fingerprint density at radius 1 is 1.35 bits per heavy atom. The lowest BCUT2D eigenvalue weighted by atomic mass is 10.0. The molecule has 0 saturated carbocycles. The van der Waals surface area contributed by atoms with Gasteiger partial charge in [0.15, 0.2) is 0 Å². The van der Waals surface area contributed by atoms with Crippen molar-refractivity contribution < 1.29 is 9.47 Å². The van der Waals surface area contributed by atoms with Crippen molar-refractivity contribution in [1.82, 2.24) is 5.32 Å². The summed E-state index contributed by atoms with van der Waals surface area (Å²) in [6.45, 7) is 8.80. The molecular weight excluding hydrogens is 250 g/mol. The first-order valence-corrected chi connectivity index (χ1v) is 7.39. The van der Waals surface area contributed by atoms with E-state index in [1.54, 1.807) is 0 Å². The average molecular weight is 275 g/mol. The molecule has 20 heavy (non-hydrogen) atoms. The Hall–Kier alpha value is -1.48. The summed E-state index contributed by atoms with van der Waals surface area (Å²) >= 11 is 0. The van der Waals surface area contributed by atoms with Crippen LogP contribution in [0.25, 0.3) is 0 Å². The van der Waals surface area contributed by atoms with E-state index in [0.29, 0.717) is 12.7 Å². The molecule has 1 fully saturated rings. The molecule has 2 rings (SSSR count). The van der Waals surface area contributed by atoms with Gasteiger partial charge in [0.2, 0.25) is 0 Å². The van der Waals surface area contributed by atoms with Crippen molar-refractivity contribution in [1.29, 1.82) is 0 Å². The highest BCUT2D eigenvalue weighted by Crippen LogP contribution is 2.26. The third kappa shape index (κ3) is 4.57. The topological polar surface area (TPSA) is 33.8 Å². The van der Waals surface area contributed by atoms with Crippen LogP contribution in [0.2, 0.25) is 0 Å². The highest BCUT2D eigenvalue weighted by molar-refractivity contribution is 5.43. The van der Waals surface area contributed by atoms with Gasteiger partial charge in [-0.15, -0.1) is 0 Å². The van der Waals surface area contributed by atoms with E-state index >= 15 is 0 Å². The molecular formula is C17H25NO2. The number of epoxide rings is 1. The van der Waals surface area contributed by atoms with E-state index in [1.807, 2.05) is 19.2 Å². The largest absolute Gasteiger partial charge is 0.490 e. The van der Waals surface area contributed by atoms with Crippen LogP contribution in [-0.4, -0.2) is 25.9 Å². The minimum Gasteiger partial charge on any atom is -0.490 e. The summed E-state index contributed by atoms with van der Waals surface area (Å²) in [6, 6.07) is 4.48. The fraction of sp³-hybridized carbons (Fsp3) is 0.529. The number of allylic oxidation sites excluding steroid dienone is 1. The van der Waals surface area contributed by atoms with Crippen LogP contribution in [0.4, 0.5) is 0 Å². The van der Waals surface area contributed by atoms with E-state index in [0.717, 1.165) is 31.7 Å². The van der Waals surface area contributed by atoms with E-state index in [2.05, 4.69) is 31.3 Å². The number of nitrogens with one attached hydrogen (secondary N) is 1. The van der Waals surface area contributed by atoms with Crippen LogP contribution in [0.3, 0.4) is 0 Å². The Morgan fingerprint density at radius 2 is 2.05 bits per heavy atom. The molecule has 1 saturated heterocycles. The first-order valence-electron chi connectivity index (χ1n) is 7.39. The quantitative estimate of drug-likeness (QED) is 0.584. The van der Waals surface area contributed by atoms with Gasteiger partial charge in [0.05, 0.1) is 6.61 Å². The molecule has 0 spiro atoms. The second-order valence-corrected chi connectivity index (χ2v) is 5.38. The van der Waals surface area contributed by atoms with Gasteiger partial charge in [-0.1, -0.05) is 18.2 Å². The maximum Gasteiger partial charge on any atom is 0.125 e. The zero-order valence-corrected chi connectivity index (χ0v) is 12.7. The van der Waals surface area contributed by atoms with Crippen molar-refractivity contribution >= 4 is 0 Å². The van der Waals surface area contributed by atoms with Crippen molar-refractivity contribution in [3.05, 3.63) is 41.1 Å². The third-order valence-electron chi connectivity index (χ3n) is 3.41. The van der Waals surface area contributed by atoms with Crippen LogP contribution in [0.1, 0.15) is 30.0 Å². The van der Waals surface area contributed by atoms with Crippen LogP contribution in [0.15, 0.2) is 24.4 Å². The van der Waals surface area contributed by atoms with Crippen LogP contribution in [0, 0.1) is 13.8 Å². The van der Waals surface area contributed by atoms with Gasteiger partial charge < -0.3 is 14.8 Å². The molecule has 1 atom stereocenters. The second kappa shape index (κ2) is 7.34. The zero-order chi connectivity index (χ0) is 14.4. The summed E-state index contributed by atoms with van der Waals surface area (Å²) in [4.78, 5) is 0. The first-order chi connectivity index (χ1) is 9.70. The molecule has 1 aromatic rings. The van der Waals surface area contributed by atoms with Crippen LogP contribution < -0.4 is 10.1 Å². The number of hydrogen-bond donors (Lipinski definition) is 1. The van der Waals surface area contributed by atoms with Crippen LogP contribution >= 0.6 is 0 Å². The Morgan fingerprint density at radius 3 is 2.65 bits per heavy atom. The van der Waals surface area contributed by atoms with Gasteiger partial charge in [-0.05, 0) is 56.5 Å². The maximum atomic E-state index is 5.86. The molecule has 0 amide bonds. The molecule has 1 heterocycles. The van der Waals surface area contributed by atoms with E-state index in [9.17, 15) is 0 Å². The van der Waals surface area contributed by atoms with Gasteiger partial charge in [0.1, 0.15) is 18.5 Å². The van der Waals surface area contributed by atoms with Crippen molar-refractivity contribution in [3.63, 3.8) is 0 Å². The number of ether oxygens (including phenoxy) is 2. The number of aryl methyl sites for hydroxylation is 3. The smallest absolute Gasteiger partial charge is 0.125 e. The van der Waals surface area contributed by atoms with E-state index < -0.39 is 0 Å². The molecule has 3 nitrogen and oxygen atoms in total. The summed E-state index contributed by atoms with van der Waals surface area (Å²) in [5.74, 6) is 1.02. The normalized spacial score (nSPS) is 17.4. The van der Waals surface area contributed by atoms with Gasteiger partial charge in [-0.2, -0.15) is 0 Å². The molecule has 1 unspecified atom stereocenters. The Labute approximate surface area is 122 Å². The molecule has 0 aliphatic carbocycles. The molecule has 0 radical (unpaired) electrons. The van der Waals surface area contributed by atoms with E-state index in [4.69, 9.17) is 9.47 Å². The molecule has 1 aliphatic heterocycles. The van der Waals surface area contributed by atoms with Crippen LogP contribution in [-0.2, 0) is 11.2 Å². The standard InChI is InChI=1S/C17H25NO2/c1-4-7-18-8-5-6-15-9-13(2)17(14(3)10-15)20-12-16-11-19-16/h4,7,9-10,16,18H,5-6,8,11-12H2,1-3H3. The van der Waals surface area contributed by atoms with Crippen molar-refractivity contribution in [3.8, 4) is 5.75 Å². The number of hydrogen-bond acceptors (Lipinski definition) is 3. The van der Waals surface area contributed by atoms with Crippen molar-refractivity contribution in [2.24, 2.45) is 0 Å². The summed E-state index contributed by atoms with van der Waals surface area (Å²) in [7, 11) is 0. The van der Waals surface area contributed by atoms with Gasteiger partial charge in [-0.3, -0.25) is 0 Å². The summed E-state index contributed by atoms with van der Waals surface area (Å²) in [6.07, 6.45) is 6.56. The lowest BCUT2D eigenvalue weighted by Crippen LogP contribution is -2.08. The second-order valence-electron chi connectivity index (χ2n) is 5.38. The lowest BCUT2D eigenvalue weighted by molar-refractivity contribution is 0.260. The summed E-state index contributed by atoms with van der Waals surface area (Å²) < 4.78 is 11.0. The Bertz CT molecular complexity index is 441. The minimum atomic E-state index is 0.311.